The van der Waals surface area contributed by atoms with Gasteiger partial charge in [0.1, 0.15) is 11.6 Å². The first-order valence-corrected chi connectivity index (χ1v) is 9.26. The van der Waals surface area contributed by atoms with Gasteiger partial charge in [-0.05, 0) is 38.3 Å². The van der Waals surface area contributed by atoms with Crippen molar-refractivity contribution in [3.8, 4) is 0 Å². The SMILES string of the molecule is CCn1ccnc1CN(C)C(=O)NC1CCN(c2ccc(C)cn2)CC1. The summed E-state index contributed by atoms with van der Waals surface area (Å²) in [6, 6.07) is 4.32. The summed E-state index contributed by atoms with van der Waals surface area (Å²) in [6.07, 6.45) is 7.48. The van der Waals surface area contributed by atoms with Crippen LogP contribution in [-0.4, -0.2) is 51.6 Å². The highest BCUT2D eigenvalue weighted by molar-refractivity contribution is 5.74. The van der Waals surface area contributed by atoms with Gasteiger partial charge in [-0.3, -0.25) is 0 Å². The minimum absolute atomic E-state index is 0.0393. The Balaban J connectivity index is 1.47. The lowest BCUT2D eigenvalue weighted by Crippen LogP contribution is -2.48. The third kappa shape index (κ3) is 4.33. The van der Waals surface area contributed by atoms with Crippen molar-refractivity contribution in [2.45, 2.75) is 45.8 Å². The molecule has 2 aromatic heterocycles. The number of anilines is 1. The normalized spacial score (nSPS) is 15.1. The average molecular weight is 356 g/mol. The van der Waals surface area contributed by atoms with Crippen LogP contribution >= 0.6 is 0 Å². The van der Waals surface area contributed by atoms with Gasteiger partial charge in [-0.2, -0.15) is 0 Å². The van der Waals surface area contributed by atoms with Gasteiger partial charge in [-0.1, -0.05) is 6.07 Å². The fourth-order valence-electron chi connectivity index (χ4n) is 3.25. The van der Waals surface area contributed by atoms with Crippen LogP contribution < -0.4 is 10.2 Å². The van der Waals surface area contributed by atoms with Gasteiger partial charge in [0.2, 0.25) is 0 Å². The van der Waals surface area contributed by atoms with E-state index in [1.807, 2.05) is 26.4 Å². The van der Waals surface area contributed by atoms with Crippen LogP contribution in [0, 0.1) is 6.92 Å². The Bertz CT molecular complexity index is 718. The van der Waals surface area contributed by atoms with Gasteiger partial charge < -0.3 is 19.7 Å². The molecule has 2 aromatic rings. The number of amides is 2. The van der Waals surface area contributed by atoms with Crippen molar-refractivity contribution in [2.24, 2.45) is 0 Å². The molecule has 1 aliphatic rings. The maximum atomic E-state index is 12.5. The Morgan fingerprint density at radius 3 is 2.73 bits per heavy atom. The zero-order chi connectivity index (χ0) is 18.5. The number of hydrogen-bond donors (Lipinski definition) is 1. The predicted octanol–water partition coefficient (Wildman–Crippen LogP) is 2.42. The Labute approximate surface area is 155 Å². The lowest BCUT2D eigenvalue weighted by molar-refractivity contribution is 0.198. The molecule has 2 amide bonds. The summed E-state index contributed by atoms with van der Waals surface area (Å²) in [5.41, 5.74) is 1.17. The molecule has 1 aliphatic heterocycles. The van der Waals surface area contributed by atoms with E-state index in [4.69, 9.17) is 0 Å². The summed E-state index contributed by atoms with van der Waals surface area (Å²) in [6.45, 7) is 7.30. The third-order valence-electron chi connectivity index (χ3n) is 4.91. The summed E-state index contributed by atoms with van der Waals surface area (Å²) in [4.78, 5) is 25.3. The predicted molar refractivity (Wildman–Crippen MR) is 102 cm³/mol. The van der Waals surface area contributed by atoms with Gasteiger partial charge in [0.15, 0.2) is 0 Å². The fourth-order valence-corrected chi connectivity index (χ4v) is 3.25. The number of carbonyl (C=O) groups excluding carboxylic acids is 1. The van der Waals surface area contributed by atoms with E-state index in [9.17, 15) is 4.79 Å². The molecule has 7 heteroatoms. The van der Waals surface area contributed by atoms with Crippen molar-refractivity contribution >= 4 is 11.8 Å². The fraction of sp³-hybridized carbons (Fsp3) is 0.526. The van der Waals surface area contributed by atoms with E-state index in [2.05, 4.69) is 43.8 Å². The molecule has 0 aliphatic carbocycles. The molecule has 1 N–H and O–H groups in total. The molecule has 0 aromatic carbocycles. The summed E-state index contributed by atoms with van der Waals surface area (Å²) >= 11 is 0. The lowest BCUT2D eigenvalue weighted by atomic mass is 10.1. The summed E-state index contributed by atoms with van der Waals surface area (Å²) in [5, 5.41) is 3.15. The summed E-state index contributed by atoms with van der Waals surface area (Å²) in [5.74, 6) is 1.93. The van der Waals surface area contributed by atoms with Crippen molar-refractivity contribution in [2.75, 3.05) is 25.0 Å². The van der Waals surface area contributed by atoms with Crippen molar-refractivity contribution < 1.29 is 4.79 Å². The number of hydrogen-bond acceptors (Lipinski definition) is 4. The maximum absolute atomic E-state index is 12.5. The maximum Gasteiger partial charge on any atom is 0.317 e. The van der Waals surface area contributed by atoms with E-state index in [0.29, 0.717) is 6.54 Å². The van der Waals surface area contributed by atoms with E-state index < -0.39 is 0 Å². The number of nitrogens with zero attached hydrogens (tertiary/aromatic N) is 5. The first kappa shape index (κ1) is 18.2. The Morgan fingerprint density at radius 1 is 1.31 bits per heavy atom. The molecule has 7 nitrogen and oxygen atoms in total. The van der Waals surface area contributed by atoms with Gasteiger partial charge in [-0.25, -0.2) is 14.8 Å². The van der Waals surface area contributed by atoms with E-state index in [1.165, 1.54) is 5.56 Å². The number of aryl methyl sites for hydroxylation is 2. The average Bonchev–Trinajstić information content (AvgIpc) is 3.10. The molecule has 0 bridgehead atoms. The molecule has 140 valence electrons. The number of carbonyl (C=O) groups is 1. The quantitative estimate of drug-likeness (QED) is 0.893. The largest absolute Gasteiger partial charge is 0.356 e. The molecule has 26 heavy (non-hydrogen) atoms. The van der Waals surface area contributed by atoms with E-state index in [0.717, 1.165) is 44.1 Å². The van der Waals surface area contributed by atoms with Gasteiger partial charge >= 0.3 is 6.03 Å². The molecule has 1 fully saturated rings. The standard InChI is InChI=1S/C19H28N6O/c1-4-24-12-9-20-18(24)14-23(3)19(26)22-16-7-10-25(11-8-16)17-6-5-15(2)13-21-17/h5-6,9,12-13,16H,4,7-8,10-11,14H2,1-3H3,(H,22,26). The smallest absolute Gasteiger partial charge is 0.317 e. The Kier molecular flexibility index (Phi) is 5.75. The molecule has 0 radical (unpaired) electrons. The van der Waals surface area contributed by atoms with Crippen LogP contribution in [0.25, 0.3) is 0 Å². The number of imidazole rings is 1. The number of urea groups is 1. The second kappa shape index (κ2) is 8.21. The first-order chi connectivity index (χ1) is 12.6. The number of nitrogens with one attached hydrogen (secondary N) is 1. The zero-order valence-corrected chi connectivity index (χ0v) is 15.9. The molecule has 0 spiro atoms. The van der Waals surface area contributed by atoms with Crippen molar-refractivity contribution in [1.29, 1.82) is 0 Å². The van der Waals surface area contributed by atoms with Crippen LogP contribution in [-0.2, 0) is 13.1 Å². The highest BCUT2D eigenvalue weighted by atomic mass is 16.2. The molecule has 1 saturated heterocycles. The monoisotopic (exact) mass is 356 g/mol. The first-order valence-electron chi connectivity index (χ1n) is 9.26. The van der Waals surface area contributed by atoms with Crippen LogP contribution in [0.5, 0.6) is 0 Å². The molecule has 3 rings (SSSR count). The van der Waals surface area contributed by atoms with Gasteiger partial charge in [-0.15, -0.1) is 0 Å². The zero-order valence-electron chi connectivity index (χ0n) is 15.9. The second-order valence-corrected chi connectivity index (χ2v) is 6.89. The number of piperidine rings is 1. The minimum Gasteiger partial charge on any atom is -0.356 e. The van der Waals surface area contributed by atoms with Crippen LogP contribution in [0.1, 0.15) is 31.2 Å². The lowest BCUT2D eigenvalue weighted by Gasteiger charge is -2.34. The second-order valence-electron chi connectivity index (χ2n) is 6.89. The topological polar surface area (TPSA) is 66.3 Å². The third-order valence-corrected chi connectivity index (χ3v) is 4.91. The molecule has 0 saturated carbocycles. The molecule has 3 heterocycles. The molecule has 0 unspecified atom stereocenters. The van der Waals surface area contributed by atoms with Gasteiger partial charge in [0, 0.05) is 51.3 Å². The van der Waals surface area contributed by atoms with Crippen molar-refractivity contribution in [3.63, 3.8) is 0 Å². The number of rotatable bonds is 5. The molecule has 0 atom stereocenters. The summed E-state index contributed by atoms with van der Waals surface area (Å²) in [7, 11) is 1.81. The van der Waals surface area contributed by atoms with Crippen molar-refractivity contribution in [3.05, 3.63) is 42.1 Å². The molecular weight excluding hydrogens is 328 g/mol. The Morgan fingerprint density at radius 2 is 2.08 bits per heavy atom. The minimum atomic E-state index is -0.0393. The van der Waals surface area contributed by atoms with Crippen molar-refractivity contribution in [1.82, 2.24) is 24.8 Å². The Hall–Kier alpha value is -2.57. The summed E-state index contributed by atoms with van der Waals surface area (Å²) < 4.78 is 2.05. The number of aromatic nitrogens is 3. The van der Waals surface area contributed by atoms with E-state index >= 15 is 0 Å². The van der Waals surface area contributed by atoms with E-state index in [-0.39, 0.29) is 12.1 Å². The highest BCUT2D eigenvalue weighted by Crippen LogP contribution is 2.18. The molecular formula is C19H28N6O. The van der Waals surface area contributed by atoms with Crippen LogP contribution in [0.2, 0.25) is 0 Å². The highest BCUT2D eigenvalue weighted by Gasteiger charge is 2.23. The van der Waals surface area contributed by atoms with E-state index in [1.54, 1.807) is 11.1 Å². The van der Waals surface area contributed by atoms with Crippen LogP contribution in [0.3, 0.4) is 0 Å². The van der Waals surface area contributed by atoms with Gasteiger partial charge in [0.05, 0.1) is 6.54 Å². The van der Waals surface area contributed by atoms with Crippen LogP contribution in [0.4, 0.5) is 10.6 Å². The van der Waals surface area contributed by atoms with Crippen LogP contribution in [0.15, 0.2) is 30.7 Å². The number of pyridine rings is 1. The van der Waals surface area contributed by atoms with Gasteiger partial charge in [0.25, 0.3) is 0 Å².